The first-order valence-corrected chi connectivity index (χ1v) is 8.63. The molecule has 0 atom stereocenters. The van der Waals surface area contributed by atoms with Gasteiger partial charge in [0.15, 0.2) is 17.1 Å². The number of hydrogen-bond acceptors (Lipinski definition) is 5. The third-order valence-electron chi connectivity index (χ3n) is 4.51. The highest BCUT2D eigenvalue weighted by molar-refractivity contribution is 5.95. The number of aromatic nitrogens is 6. The molecular weight excluding hydrogens is 381 g/mol. The molecule has 9 heteroatoms. The van der Waals surface area contributed by atoms with E-state index in [9.17, 15) is 13.2 Å². The van der Waals surface area contributed by atoms with Crippen LogP contribution in [0.5, 0.6) is 0 Å². The van der Waals surface area contributed by atoms with Gasteiger partial charge >= 0.3 is 6.18 Å². The molecule has 0 bridgehead atoms. The van der Waals surface area contributed by atoms with Crippen LogP contribution in [0.15, 0.2) is 66.7 Å². The summed E-state index contributed by atoms with van der Waals surface area (Å²) < 4.78 is 43.0. The highest BCUT2D eigenvalue weighted by atomic mass is 19.4. The zero-order valence-electron chi connectivity index (χ0n) is 14.7. The molecule has 6 nitrogen and oxygen atoms in total. The van der Waals surface area contributed by atoms with Gasteiger partial charge in [-0.05, 0) is 16.5 Å². The van der Waals surface area contributed by atoms with Crippen LogP contribution in [0.2, 0.25) is 0 Å². The smallest absolute Gasteiger partial charge is 0.228 e. The Morgan fingerprint density at radius 3 is 2.10 bits per heavy atom. The standard InChI is InChI=1S/C20H11F3N6/c21-20(22,23)14-11-15(12-7-3-1-4-8-12)24-17-16(14)19-26-27-28-29(19)18(25-17)13-9-5-2-6-10-13/h1-11H. The Kier molecular flexibility index (Phi) is 3.76. The van der Waals surface area contributed by atoms with Gasteiger partial charge in [0.2, 0.25) is 0 Å². The predicted molar refractivity (Wildman–Crippen MR) is 99.8 cm³/mol. The molecule has 0 amide bonds. The van der Waals surface area contributed by atoms with Crippen molar-refractivity contribution in [1.29, 1.82) is 0 Å². The summed E-state index contributed by atoms with van der Waals surface area (Å²) in [6.07, 6.45) is -4.63. The zero-order chi connectivity index (χ0) is 20.0. The molecule has 0 unspecified atom stereocenters. The summed E-state index contributed by atoms with van der Waals surface area (Å²) in [5.41, 5.74) is 0.393. The number of nitrogens with zero attached hydrogens (tertiary/aromatic N) is 6. The number of halogens is 3. The highest BCUT2D eigenvalue weighted by Crippen LogP contribution is 2.38. The van der Waals surface area contributed by atoms with Crippen molar-refractivity contribution in [2.75, 3.05) is 0 Å². The van der Waals surface area contributed by atoms with Gasteiger partial charge in [0.25, 0.3) is 0 Å². The maximum atomic E-state index is 13.9. The van der Waals surface area contributed by atoms with Crippen molar-refractivity contribution < 1.29 is 13.2 Å². The molecule has 0 saturated carbocycles. The van der Waals surface area contributed by atoms with E-state index < -0.39 is 11.7 Å². The van der Waals surface area contributed by atoms with Crippen LogP contribution >= 0.6 is 0 Å². The average molecular weight is 392 g/mol. The van der Waals surface area contributed by atoms with Gasteiger partial charge in [0, 0.05) is 11.1 Å². The van der Waals surface area contributed by atoms with E-state index in [1.165, 1.54) is 4.52 Å². The van der Waals surface area contributed by atoms with E-state index in [1.807, 2.05) is 6.07 Å². The van der Waals surface area contributed by atoms with Crippen LogP contribution < -0.4 is 0 Å². The fourth-order valence-electron chi connectivity index (χ4n) is 3.22. The fourth-order valence-corrected chi connectivity index (χ4v) is 3.22. The minimum absolute atomic E-state index is 0.0479. The van der Waals surface area contributed by atoms with Gasteiger partial charge in [-0.25, -0.2) is 9.97 Å². The molecule has 0 N–H and O–H groups in total. The van der Waals surface area contributed by atoms with Gasteiger partial charge < -0.3 is 0 Å². The van der Waals surface area contributed by atoms with E-state index >= 15 is 0 Å². The monoisotopic (exact) mass is 392 g/mol. The van der Waals surface area contributed by atoms with Crippen LogP contribution in [0.25, 0.3) is 39.3 Å². The summed E-state index contributed by atoms with van der Waals surface area (Å²) in [4.78, 5) is 8.83. The van der Waals surface area contributed by atoms with Gasteiger partial charge in [-0.15, -0.1) is 5.10 Å². The van der Waals surface area contributed by atoms with E-state index in [0.717, 1.165) is 6.07 Å². The van der Waals surface area contributed by atoms with Crippen LogP contribution in [-0.4, -0.2) is 30.0 Å². The largest absolute Gasteiger partial charge is 0.417 e. The van der Waals surface area contributed by atoms with E-state index in [4.69, 9.17) is 0 Å². The third kappa shape index (κ3) is 2.87. The number of tetrazole rings is 1. The van der Waals surface area contributed by atoms with E-state index in [0.29, 0.717) is 17.0 Å². The molecule has 0 aliphatic heterocycles. The first-order chi connectivity index (χ1) is 14.0. The molecule has 3 aromatic heterocycles. The molecule has 0 spiro atoms. The van der Waals surface area contributed by atoms with Crippen molar-refractivity contribution in [2.24, 2.45) is 0 Å². The Bertz CT molecular complexity index is 1330. The molecule has 0 aliphatic rings. The molecule has 5 aromatic rings. The molecule has 0 fully saturated rings. The maximum Gasteiger partial charge on any atom is 0.417 e. The summed E-state index contributed by atoms with van der Waals surface area (Å²) in [6.45, 7) is 0. The second-order valence-electron chi connectivity index (χ2n) is 6.33. The van der Waals surface area contributed by atoms with Crippen molar-refractivity contribution in [2.45, 2.75) is 6.18 Å². The minimum Gasteiger partial charge on any atom is -0.228 e. The van der Waals surface area contributed by atoms with Crippen LogP contribution in [0.4, 0.5) is 13.2 Å². The third-order valence-corrected chi connectivity index (χ3v) is 4.51. The van der Waals surface area contributed by atoms with Crippen molar-refractivity contribution in [3.63, 3.8) is 0 Å². The van der Waals surface area contributed by atoms with Crippen molar-refractivity contribution in [3.05, 3.63) is 72.3 Å². The summed E-state index contributed by atoms with van der Waals surface area (Å²) >= 11 is 0. The van der Waals surface area contributed by atoms with Crippen molar-refractivity contribution >= 4 is 16.7 Å². The quantitative estimate of drug-likeness (QED) is 0.445. The summed E-state index contributed by atoms with van der Waals surface area (Å²) in [6, 6.07) is 18.7. The Hall–Kier alpha value is -3.88. The molecule has 29 heavy (non-hydrogen) atoms. The summed E-state index contributed by atoms with van der Waals surface area (Å²) in [5.74, 6) is 0.309. The number of fused-ring (bicyclic) bond motifs is 3. The molecule has 5 rings (SSSR count). The Morgan fingerprint density at radius 2 is 1.45 bits per heavy atom. The van der Waals surface area contributed by atoms with Gasteiger partial charge in [0.1, 0.15) is 0 Å². The number of benzene rings is 2. The van der Waals surface area contributed by atoms with Crippen molar-refractivity contribution in [3.8, 4) is 22.6 Å². The minimum atomic E-state index is -4.63. The van der Waals surface area contributed by atoms with Crippen LogP contribution in [0.3, 0.4) is 0 Å². The molecule has 0 aliphatic carbocycles. The van der Waals surface area contributed by atoms with E-state index in [-0.39, 0.29) is 22.4 Å². The van der Waals surface area contributed by atoms with Crippen molar-refractivity contribution in [1.82, 2.24) is 30.0 Å². The Labute approximate surface area is 161 Å². The van der Waals surface area contributed by atoms with Crippen LogP contribution in [0, 0.1) is 0 Å². The lowest BCUT2D eigenvalue weighted by Gasteiger charge is -2.14. The first-order valence-electron chi connectivity index (χ1n) is 8.63. The van der Waals surface area contributed by atoms with E-state index in [1.54, 1.807) is 54.6 Å². The normalized spacial score (nSPS) is 12.0. The zero-order valence-corrected chi connectivity index (χ0v) is 14.7. The highest BCUT2D eigenvalue weighted by Gasteiger charge is 2.36. The van der Waals surface area contributed by atoms with Gasteiger partial charge in [0.05, 0.1) is 16.6 Å². The second-order valence-corrected chi connectivity index (χ2v) is 6.33. The number of rotatable bonds is 2. The molecular formula is C20H11F3N6. The maximum absolute atomic E-state index is 13.9. The lowest BCUT2D eigenvalue weighted by atomic mass is 10.1. The first kappa shape index (κ1) is 17.2. The predicted octanol–water partition coefficient (Wildman–Crippen LogP) is 4.42. The summed E-state index contributed by atoms with van der Waals surface area (Å²) in [5, 5.41) is 11.0. The van der Waals surface area contributed by atoms with Crippen LogP contribution in [-0.2, 0) is 6.18 Å². The van der Waals surface area contributed by atoms with Gasteiger partial charge in [-0.2, -0.15) is 17.7 Å². The summed E-state index contributed by atoms with van der Waals surface area (Å²) in [7, 11) is 0. The molecule has 3 heterocycles. The Morgan fingerprint density at radius 1 is 0.793 bits per heavy atom. The fraction of sp³-hybridized carbons (Fsp3) is 0.0500. The van der Waals surface area contributed by atoms with Crippen LogP contribution in [0.1, 0.15) is 5.56 Å². The number of hydrogen-bond donors (Lipinski definition) is 0. The number of pyridine rings is 1. The second kappa shape index (κ2) is 6.33. The molecule has 142 valence electrons. The molecule has 2 aromatic carbocycles. The lowest BCUT2D eigenvalue weighted by Crippen LogP contribution is -2.10. The average Bonchev–Trinajstić information content (AvgIpc) is 3.23. The molecule has 0 saturated heterocycles. The van der Waals surface area contributed by atoms with Gasteiger partial charge in [-0.1, -0.05) is 60.7 Å². The van der Waals surface area contributed by atoms with Gasteiger partial charge in [-0.3, -0.25) is 0 Å². The van der Waals surface area contributed by atoms with E-state index in [2.05, 4.69) is 25.5 Å². The molecule has 0 radical (unpaired) electrons. The number of alkyl halides is 3. The lowest BCUT2D eigenvalue weighted by molar-refractivity contribution is -0.136. The SMILES string of the molecule is FC(F)(F)c1cc(-c2ccccc2)nc2nc(-c3ccccc3)n3nnnc3c12. The topological polar surface area (TPSA) is 68.9 Å². The Balaban J connectivity index is 1.91.